The van der Waals surface area contributed by atoms with E-state index in [9.17, 15) is 9.59 Å². The molecular formula is C19H23N3O2. The van der Waals surface area contributed by atoms with Crippen LogP contribution in [0, 0.1) is 12.0 Å². The molecule has 5 heteroatoms. The predicted molar refractivity (Wildman–Crippen MR) is 99.3 cm³/mol. The number of hydrogen-bond donors (Lipinski definition) is 2. The maximum absolute atomic E-state index is 12.0. The Labute approximate surface area is 142 Å². The molecule has 0 saturated heterocycles. The Morgan fingerprint density at radius 1 is 1.17 bits per heavy atom. The molecule has 0 aliphatic rings. The molecule has 0 amide bonds. The van der Waals surface area contributed by atoms with Gasteiger partial charge in [-0.1, -0.05) is 39.8 Å². The summed E-state index contributed by atoms with van der Waals surface area (Å²) in [6.07, 6.45) is 0.724. The number of nitrogens with one attached hydrogen (secondary N) is 2. The van der Waals surface area contributed by atoms with E-state index in [2.05, 4.69) is 36.2 Å². The largest absolute Gasteiger partial charge is 0.377 e. The van der Waals surface area contributed by atoms with E-state index in [1.807, 2.05) is 13.8 Å². The van der Waals surface area contributed by atoms with Crippen molar-refractivity contribution in [3.05, 3.63) is 55.6 Å². The van der Waals surface area contributed by atoms with Crippen LogP contribution < -0.4 is 21.5 Å². The second-order valence-electron chi connectivity index (χ2n) is 7.07. The average molecular weight is 325 g/mol. The second-order valence-corrected chi connectivity index (χ2v) is 7.07. The SMILES string of the molecule is [C-]#[N+]c1ccc(Nc2c(N[C@H](C)C(C)(C)C)c(=O)c2=O)c(CC)c1. The van der Waals surface area contributed by atoms with Crippen LogP contribution in [0.1, 0.15) is 40.2 Å². The van der Waals surface area contributed by atoms with E-state index < -0.39 is 10.9 Å². The van der Waals surface area contributed by atoms with E-state index in [1.165, 1.54) is 0 Å². The van der Waals surface area contributed by atoms with Gasteiger partial charge in [0.25, 0.3) is 10.9 Å². The van der Waals surface area contributed by atoms with Gasteiger partial charge in [-0.3, -0.25) is 9.59 Å². The first kappa shape index (κ1) is 17.7. The maximum atomic E-state index is 12.0. The van der Waals surface area contributed by atoms with Gasteiger partial charge in [0.2, 0.25) is 0 Å². The van der Waals surface area contributed by atoms with E-state index >= 15 is 0 Å². The number of benzene rings is 1. The van der Waals surface area contributed by atoms with Crippen molar-refractivity contribution >= 4 is 22.7 Å². The molecule has 0 saturated carbocycles. The van der Waals surface area contributed by atoms with Crippen LogP contribution in [0.25, 0.3) is 4.85 Å². The molecule has 0 aromatic heterocycles. The van der Waals surface area contributed by atoms with E-state index in [1.54, 1.807) is 18.2 Å². The van der Waals surface area contributed by atoms with Crippen molar-refractivity contribution in [3.8, 4) is 0 Å². The van der Waals surface area contributed by atoms with Crippen LogP contribution in [0.5, 0.6) is 0 Å². The lowest BCUT2D eigenvalue weighted by molar-refractivity contribution is 0.359. The molecule has 0 aliphatic heterocycles. The normalized spacial score (nSPS) is 12.7. The van der Waals surface area contributed by atoms with Crippen molar-refractivity contribution in [1.29, 1.82) is 0 Å². The van der Waals surface area contributed by atoms with Gasteiger partial charge in [-0.25, -0.2) is 4.85 Å². The molecule has 0 radical (unpaired) electrons. The molecule has 1 atom stereocenters. The van der Waals surface area contributed by atoms with Crippen molar-refractivity contribution in [2.75, 3.05) is 10.6 Å². The van der Waals surface area contributed by atoms with Gasteiger partial charge in [-0.2, -0.15) is 0 Å². The molecule has 0 unspecified atom stereocenters. The van der Waals surface area contributed by atoms with E-state index in [0.29, 0.717) is 17.1 Å². The Bertz CT molecular complexity index is 862. The Hall–Kier alpha value is -2.61. The molecule has 0 spiro atoms. The van der Waals surface area contributed by atoms with Crippen molar-refractivity contribution in [2.24, 2.45) is 5.41 Å². The molecule has 24 heavy (non-hydrogen) atoms. The van der Waals surface area contributed by atoms with Gasteiger partial charge in [-0.05, 0) is 30.4 Å². The van der Waals surface area contributed by atoms with Gasteiger partial charge in [0.1, 0.15) is 11.4 Å². The molecule has 0 aliphatic carbocycles. The third-order valence-corrected chi connectivity index (χ3v) is 4.43. The highest BCUT2D eigenvalue weighted by Crippen LogP contribution is 2.29. The third kappa shape index (κ3) is 3.33. The molecule has 2 aromatic carbocycles. The number of anilines is 3. The van der Waals surface area contributed by atoms with Crippen molar-refractivity contribution in [1.82, 2.24) is 0 Å². The summed E-state index contributed by atoms with van der Waals surface area (Å²) in [7, 11) is 0. The summed E-state index contributed by atoms with van der Waals surface area (Å²) < 4.78 is 0. The zero-order valence-electron chi connectivity index (χ0n) is 14.8. The summed E-state index contributed by atoms with van der Waals surface area (Å²) in [4.78, 5) is 27.3. The fraction of sp³-hybridized carbons (Fsp3) is 0.421. The van der Waals surface area contributed by atoms with Crippen LogP contribution in [0.4, 0.5) is 22.7 Å². The minimum atomic E-state index is -0.505. The summed E-state index contributed by atoms with van der Waals surface area (Å²) in [5.74, 6) is 0. The van der Waals surface area contributed by atoms with Crippen LogP contribution in [0.15, 0.2) is 27.8 Å². The highest BCUT2D eigenvalue weighted by Gasteiger charge is 2.27. The molecule has 5 nitrogen and oxygen atoms in total. The zero-order chi connectivity index (χ0) is 18.1. The zero-order valence-corrected chi connectivity index (χ0v) is 14.8. The molecule has 2 aromatic rings. The topological polar surface area (TPSA) is 62.6 Å². The second kappa shape index (κ2) is 6.48. The van der Waals surface area contributed by atoms with Gasteiger partial charge in [0.05, 0.1) is 6.57 Å². The van der Waals surface area contributed by atoms with Crippen LogP contribution in [-0.4, -0.2) is 6.04 Å². The minimum absolute atomic E-state index is 0.0384. The smallest absolute Gasteiger partial charge is 0.253 e. The number of rotatable bonds is 5. The summed E-state index contributed by atoms with van der Waals surface area (Å²) in [6.45, 7) is 17.3. The Balaban J connectivity index is 2.33. The molecule has 0 fully saturated rings. The minimum Gasteiger partial charge on any atom is -0.377 e. The lowest BCUT2D eigenvalue weighted by Crippen LogP contribution is -2.41. The highest BCUT2D eigenvalue weighted by molar-refractivity contribution is 5.80. The first-order valence-corrected chi connectivity index (χ1v) is 8.06. The first-order chi connectivity index (χ1) is 11.2. The van der Waals surface area contributed by atoms with Gasteiger partial charge in [0.15, 0.2) is 5.69 Å². The Morgan fingerprint density at radius 3 is 2.33 bits per heavy atom. The van der Waals surface area contributed by atoms with Crippen LogP contribution in [0.3, 0.4) is 0 Å². The van der Waals surface area contributed by atoms with Gasteiger partial charge in [-0.15, -0.1) is 0 Å². The predicted octanol–water partition coefficient (Wildman–Crippen LogP) is 3.99. The third-order valence-electron chi connectivity index (χ3n) is 4.43. The molecular weight excluding hydrogens is 302 g/mol. The van der Waals surface area contributed by atoms with E-state index in [0.717, 1.165) is 17.7 Å². The van der Waals surface area contributed by atoms with Gasteiger partial charge in [0, 0.05) is 11.7 Å². The summed E-state index contributed by atoms with van der Waals surface area (Å²) in [5.41, 5.74) is 1.87. The Kier molecular flexibility index (Phi) is 4.79. The number of aryl methyl sites for hydroxylation is 1. The molecule has 0 heterocycles. The fourth-order valence-electron chi connectivity index (χ4n) is 2.28. The van der Waals surface area contributed by atoms with Crippen molar-refractivity contribution in [2.45, 2.75) is 47.1 Å². The number of nitrogens with zero attached hydrogens (tertiary/aromatic N) is 1. The Morgan fingerprint density at radius 2 is 1.79 bits per heavy atom. The molecule has 2 rings (SSSR count). The first-order valence-electron chi connectivity index (χ1n) is 8.06. The lowest BCUT2D eigenvalue weighted by Gasteiger charge is -2.30. The fourth-order valence-corrected chi connectivity index (χ4v) is 2.28. The van der Waals surface area contributed by atoms with E-state index in [-0.39, 0.29) is 11.5 Å². The van der Waals surface area contributed by atoms with Crippen LogP contribution in [-0.2, 0) is 6.42 Å². The van der Waals surface area contributed by atoms with Crippen LogP contribution >= 0.6 is 0 Å². The highest BCUT2D eigenvalue weighted by atomic mass is 16.2. The molecule has 2 N–H and O–H groups in total. The number of hydrogen-bond acceptors (Lipinski definition) is 4. The van der Waals surface area contributed by atoms with Crippen molar-refractivity contribution < 1.29 is 0 Å². The van der Waals surface area contributed by atoms with Crippen LogP contribution in [0.2, 0.25) is 0 Å². The van der Waals surface area contributed by atoms with E-state index in [4.69, 9.17) is 6.57 Å². The lowest BCUT2D eigenvalue weighted by atomic mass is 9.87. The average Bonchev–Trinajstić information content (AvgIpc) is 2.56. The monoisotopic (exact) mass is 325 g/mol. The summed E-state index contributed by atoms with van der Waals surface area (Å²) in [6, 6.07) is 5.31. The molecule has 126 valence electrons. The standard InChI is InChI=1S/C19H23N3O2/c1-7-12-10-13(20-6)8-9-14(12)22-16-15(17(23)18(16)24)21-11(2)19(3,4)5/h8-11,21-22H,7H2,1-5H3/t11-/m1/s1. The maximum Gasteiger partial charge on any atom is 0.253 e. The summed E-state index contributed by atoms with van der Waals surface area (Å²) in [5, 5.41) is 6.25. The quantitative estimate of drug-likeness (QED) is 0.644. The van der Waals surface area contributed by atoms with Crippen molar-refractivity contribution in [3.63, 3.8) is 0 Å². The molecule has 0 bridgehead atoms. The van der Waals surface area contributed by atoms with Gasteiger partial charge >= 0.3 is 0 Å². The van der Waals surface area contributed by atoms with Gasteiger partial charge < -0.3 is 10.6 Å². The summed E-state index contributed by atoms with van der Waals surface area (Å²) >= 11 is 0.